The normalized spacial score (nSPS) is 15.8. The monoisotopic (exact) mass is 319 g/mol. The number of methoxy groups -OCH3 is 1. The van der Waals surface area contributed by atoms with E-state index in [9.17, 15) is 4.79 Å². The largest absolute Gasteiger partial charge is 0.497 e. The van der Waals surface area contributed by atoms with Crippen LogP contribution < -0.4 is 10.1 Å². The molecule has 1 saturated carbocycles. The van der Waals surface area contributed by atoms with Crippen molar-refractivity contribution in [2.24, 2.45) is 5.92 Å². The zero-order valence-electron chi connectivity index (χ0n) is 12.9. The fraction of sp³-hybridized carbons (Fsp3) is 0.471. The molecule has 4 nitrogen and oxygen atoms in total. The molecule has 1 fully saturated rings. The Hall–Kier alpha value is -1.59. The quantitative estimate of drug-likeness (QED) is 0.860. The van der Waals surface area contributed by atoms with Gasteiger partial charge in [0.15, 0.2) is 0 Å². The van der Waals surface area contributed by atoms with Crippen molar-refractivity contribution >= 4 is 27.3 Å². The first kappa shape index (κ1) is 15.3. The fourth-order valence-corrected chi connectivity index (χ4v) is 3.93. The average Bonchev–Trinajstić information content (AvgIpc) is 3.31. The number of amides is 1. The number of thiophene rings is 1. The van der Waals surface area contributed by atoms with E-state index < -0.39 is 0 Å². The molecule has 1 aliphatic carbocycles. The van der Waals surface area contributed by atoms with Gasteiger partial charge in [0.1, 0.15) is 5.75 Å². The Labute approximate surface area is 134 Å². The van der Waals surface area contributed by atoms with Gasteiger partial charge in [-0.2, -0.15) is 0 Å². The maximum Gasteiger partial charge on any atom is 0.261 e. The molecule has 0 aliphatic heterocycles. The summed E-state index contributed by atoms with van der Waals surface area (Å²) in [6, 6.07) is 5.98. The number of aliphatic hydroxyl groups is 1. The summed E-state index contributed by atoms with van der Waals surface area (Å²) in [4.78, 5) is 13.3. The number of hydrogen-bond donors (Lipinski definition) is 2. The summed E-state index contributed by atoms with van der Waals surface area (Å²) in [5.41, 5.74) is 0.995. The second kappa shape index (κ2) is 6.26. The summed E-state index contributed by atoms with van der Waals surface area (Å²) in [7, 11) is 1.64. The molecule has 118 valence electrons. The Kier molecular flexibility index (Phi) is 4.36. The highest BCUT2D eigenvalue weighted by molar-refractivity contribution is 7.21. The molecule has 1 atom stereocenters. The van der Waals surface area contributed by atoms with E-state index in [2.05, 4.69) is 5.32 Å². The number of benzene rings is 1. The van der Waals surface area contributed by atoms with Crippen molar-refractivity contribution in [1.29, 1.82) is 0 Å². The Bertz CT molecular complexity index is 691. The summed E-state index contributed by atoms with van der Waals surface area (Å²) < 4.78 is 6.35. The molecule has 1 aromatic heterocycles. The van der Waals surface area contributed by atoms with E-state index in [-0.39, 0.29) is 18.6 Å². The van der Waals surface area contributed by atoms with Crippen LogP contribution in [0.3, 0.4) is 0 Å². The molecule has 1 heterocycles. The zero-order valence-corrected chi connectivity index (χ0v) is 13.7. The molecule has 0 saturated heterocycles. The number of hydrogen-bond acceptors (Lipinski definition) is 4. The third kappa shape index (κ3) is 2.96. The van der Waals surface area contributed by atoms with Crippen LogP contribution in [0.4, 0.5) is 0 Å². The van der Waals surface area contributed by atoms with Gasteiger partial charge in [0.05, 0.1) is 12.0 Å². The number of fused-ring (bicyclic) bond motifs is 1. The van der Waals surface area contributed by atoms with Crippen molar-refractivity contribution < 1.29 is 14.6 Å². The van der Waals surface area contributed by atoms with Gasteiger partial charge in [-0.15, -0.1) is 11.3 Å². The van der Waals surface area contributed by atoms with Gasteiger partial charge in [0, 0.05) is 17.3 Å². The van der Waals surface area contributed by atoms with Crippen LogP contribution in [0.2, 0.25) is 0 Å². The smallest absolute Gasteiger partial charge is 0.261 e. The molecule has 0 bridgehead atoms. The highest BCUT2D eigenvalue weighted by Crippen LogP contribution is 2.36. The molecule has 5 heteroatoms. The van der Waals surface area contributed by atoms with Crippen LogP contribution >= 0.6 is 11.3 Å². The number of carbonyl (C=O) groups excluding carboxylic acids is 1. The van der Waals surface area contributed by atoms with Crippen molar-refractivity contribution in [2.75, 3.05) is 13.7 Å². The van der Waals surface area contributed by atoms with E-state index in [1.54, 1.807) is 7.11 Å². The van der Waals surface area contributed by atoms with Gasteiger partial charge in [-0.05, 0) is 61.3 Å². The van der Waals surface area contributed by atoms with E-state index in [0.717, 1.165) is 39.1 Å². The van der Waals surface area contributed by atoms with Gasteiger partial charge in [-0.25, -0.2) is 0 Å². The molecule has 2 N–H and O–H groups in total. The zero-order chi connectivity index (χ0) is 15.7. The third-order valence-electron chi connectivity index (χ3n) is 4.30. The molecular weight excluding hydrogens is 298 g/mol. The van der Waals surface area contributed by atoms with Crippen LogP contribution in [-0.4, -0.2) is 30.8 Å². The lowest BCUT2D eigenvalue weighted by atomic mass is 10.1. The molecule has 0 radical (unpaired) electrons. The number of carbonyl (C=O) groups is 1. The number of rotatable bonds is 6. The highest BCUT2D eigenvalue weighted by Gasteiger charge is 2.32. The number of nitrogens with one attached hydrogen (secondary N) is 1. The third-order valence-corrected chi connectivity index (χ3v) is 5.57. The van der Waals surface area contributed by atoms with E-state index in [1.165, 1.54) is 11.3 Å². The maximum absolute atomic E-state index is 12.6. The predicted molar refractivity (Wildman–Crippen MR) is 88.8 cm³/mol. The average molecular weight is 319 g/mol. The van der Waals surface area contributed by atoms with E-state index >= 15 is 0 Å². The Morgan fingerprint density at radius 1 is 1.50 bits per heavy atom. The van der Waals surface area contributed by atoms with Gasteiger partial charge in [0.25, 0.3) is 5.91 Å². The van der Waals surface area contributed by atoms with Gasteiger partial charge in [-0.3, -0.25) is 4.79 Å². The van der Waals surface area contributed by atoms with Gasteiger partial charge in [0.2, 0.25) is 0 Å². The summed E-state index contributed by atoms with van der Waals surface area (Å²) >= 11 is 1.51. The molecule has 1 unspecified atom stereocenters. The maximum atomic E-state index is 12.6. The van der Waals surface area contributed by atoms with Crippen LogP contribution in [0.5, 0.6) is 5.75 Å². The van der Waals surface area contributed by atoms with Crippen LogP contribution in [0.1, 0.15) is 34.5 Å². The minimum absolute atomic E-state index is 0.0250. The van der Waals surface area contributed by atoms with Gasteiger partial charge < -0.3 is 15.2 Å². The van der Waals surface area contributed by atoms with E-state index in [0.29, 0.717) is 12.3 Å². The Balaban J connectivity index is 1.85. The molecule has 22 heavy (non-hydrogen) atoms. The molecule has 1 aromatic carbocycles. The molecule has 1 aliphatic rings. The number of aliphatic hydroxyl groups excluding tert-OH is 1. The lowest BCUT2D eigenvalue weighted by Crippen LogP contribution is -2.37. The fourth-order valence-electron chi connectivity index (χ4n) is 2.84. The second-order valence-electron chi connectivity index (χ2n) is 5.85. The lowest BCUT2D eigenvalue weighted by molar-refractivity contribution is 0.0928. The van der Waals surface area contributed by atoms with E-state index in [4.69, 9.17) is 9.84 Å². The number of ether oxygens (including phenoxy) is 1. The van der Waals surface area contributed by atoms with Gasteiger partial charge in [-0.1, -0.05) is 0 Å². The topological polar surface area (TPSA) is 58.6 Å². The second-order valence-corrected chi connectivity index (χ2v) is 6.90. The molecular formula is C17H21NO3S. The summed E-state index contributed by atoms with van der Waals surface area (Å²) in [6.45, 7) is 2.09. The predicted octanol–water partition coefficient (Wildman–Crippen LogP) is 3.11. The van der Waals surface area contributed by atoms with Crippen molar-refractivity contribution in [3.63, 3.8) is 0 Å². The number of aryl methyl sites for hydroxylation is 1. The molecule has 3 rings (SSSR count). The highest BCUT2D eigenvalue weighted by atomic mass is 32.1. The van der Waals surface area contributed by atoms with Crippen LogP contribution in [0.25, 0.3) is 10.1 Å². The molecule has 0 spiro atoms. The van der Waals surface area contributed by atoms with Crippen molar-refractivity contribution in [1.82, 2.24) is 5.32 Å². The molecule has 2 aromatic rings. The summed E-state index contributed by atoms with van der Waals surface area (Å²) in [5, 5.41) is 13.3. The van der Waals surface area contributed by atoms with E-state index in [1.807, 2.05) is 25.1 Å². The van der Waals surface area contributed by atoms with Crippen LogP contribution in [-0.2, 0) is 0 Å². The first-order valence-electron chi connectivity index (χ1n) is 7.63. The first-order valence-corrected chi connectivity index (χ1v) is 8.44. The van der Waals surface area contributed by atoms with Crippen molar-refractivity contribution in [3.05, 3.63) is 28.6 Å². The van der Waals surface area contributed by atoms with Crippen molar-refractivity contribution in [3.8, 4) is 5.75 Å². The lowest BCUT2D eigenvalue weighted by Gasteiger charge is -2.16. The van der Waals surface area contributed by atoms with Crippen molar-refractivity contribution in [2.45, 2.75) is 32.2 Å². The minimum Gasteiger partial charge on any atom is -0.497 e. The molecule has 1 amide bonds. The minimum atomic E-state index is -0.0250. The standard InChI is InChI=1S/C17H21NO3S/c1-10-13-9-12(21-2)5-6-15(13)22-16(10)17(20)18-14(7-8-19)11-3-4-11/h5-6,9,11,14,19H,3-4,7-8H2,1-2H3,(H,18,20). The SMILES string of the molecule is COc1ccc2sc(C(=O)NC(CCO)C3CC3)c(C)c2c1. The van der Waals surface area contributed by atoms with Crippen LogP contribution in [0.15, 0.2) is 18.2 Å². The van der Waals surface area contributed by atoms with Gasteiger partial charge >= 0.3 is 0 Å². The summed E-state index contributed by atoms with van der Waals surface area (Å²) in [6.07, 6.45) is 2.93. The Morgan fingerprint density at radius 2 is 2.27 bits per heavy atom. The summed E-state index contributed by atoms with van der Waals surface area (Å²) in [5.74, 6) is 1.31. The Morgan fingerprint density at radius 3 is 2.91 bits per heavy atom. The van der Waals surface area contributed by atoms with Crippen LogP contribution in [0, 0.1) is 12.8 Å². The first-order chi connectivity index (χ1) is 10.6.